The smallest absolute Gasteiger partial charge is 0.276 e. The molecule has 3 aliphatic rings. The molecule has 1 N–H and O–H groups in total. The fourth-order valence-corrected chi connectivity index (χ4v) is 5.27. The van der Waals surface area contributed by atoms with Crippen molar-refractivity contribution in [1.29, 1.82) is 0 Å². The zero-order valence-electron chi connectivity index (χ0n) is 18.6. The van der Waals surface area contributed by atoms with Gasteiger partial charge in [0, 0.05) is 37.7 Å². The molecule has 9 nitrogen and oxygen atoms in total. The Morgan fingerprint density at radius 2 is 2.09 bits per heavy atom. The largest absolute Gasteiger partial charge is 0.378 e. The molecule has 0 bridgehead atoms. The number of aromatic nitrogens is 3. The first-order valence-electron chi connectivity index (χ1n) is 11.9. The Bertz CT molecular complexity index is 1080. The third-order valence-corrected chi connectivity index (χ3v) is 6.96. The topological polar surface area (TPSA) is 100 Å². The molecular weight excluding hydrogens is 410 g/mol. The molecule has 5 heterocycles. The van der Waals surface area contributed by atoms with Crippen LogP contribution in [0.1, 0.15) is 74.9 Å². The summed E-state index contributed by atoms with van der Waals surface area (Å²) in [5, 5.41) is 3.22. The summed E-state index contributed by atoms with van der Waals surface area (Å²) in [6.45, 7) is 4.39. The van der Waals surface area contributed by atoms with Gasteiger partial charge in [-0.3, -0.25) is 19.5 Å². The normalized spacial score (nSPS) is 23.2. The van der Waals surface area contributed by atoms with E-state index in [4.69, 9.17) is 9.72 Å². The maximum absolute atomic E-state index is 13.1. The molecule has 2 fully saturated rings. The van der Waals surface area contributed by atoms with E-state index in [-0.39, 0.29) is 29.5 Å². The Hall–Kier alpha value is -2.68. The second kappa shape index (κ2) is 8.69. The molecular formula is C23H31N5O4. The lowest BCUT2D eigenvalue weighted by atomic mass is 10.1. The highest BCUT2D eigenvalue weighted by Crippen LogP contribution is 2.33. The van der Waals surface area contributed by atoms with Crippen molar-refractivity contribution in [2.75, 3.05) is 19.7 Å². The van der Waals surface area contributed by atoms with Crippen LogP contribution in [0.3, 0.4) is 0 Å². The van der Waals surface area contributed by atoms with Gasteiger partial charge >= 0.3 is 0 Å². The van der Waals surface area contributed by atoms with Gasteiger partial charge in [-0.05, 0) is 38.5 Å². The maximum Gasteiger partial charge on any atom is 0.276 e. The molecule has 2 saturated heterocycles. The molecule has 0 saturated carbocycles. The van der Waals surface area contributed by atoms with Gasteiger partial charge in [-0.1, -0.05) is 6.92 Å². The highest BCUT2D eigenvalue weighted by atomic mass is 16.5. The average Bonchev–Trinajstić information content (AvgIpc) is 3.54. The van der Waals surface area contributed by atoms with Gasteiger partial charge < -0.3 is 14.5 Å². The SMILES string of the molecule is CCCC(=O)N1CCc2c(nc3cc([C@@H]4CCCN4C(=O)C[C@@H]4CCCO4)[nH]n3c2=O)C1. The lowest BCUT2D eigenvalue weighted by molar-refractivity contribution is -0.134. The minimum absolute atomic E-state index is 0.0286. The van der Waals surface area contributed by atoms with E-state index in [1.54, 1.807) is 4.90 Å². The molecule has 2 aromatic rings. The lowest BCUT2D eigenvalue weighted by Crippen LogP contribution is -2.39. The van der Waals surface area contributed by atoms with Crippen LogP contribution in [0, 0.1) is 0 Å². The highest BCUT2D eigenvalue weighted by molar-refractivity contribution is 5.77. The van der Waals surface area contributed by atoms with E-state index in [0.29, 0.717) is 49.3 Å². The number of amides is 2. The van der Waals surface area contributed by atoms with Crippen LogP contribution in [0.15, 0.2) is 10.9 Å². The molecule has 2 amide bonds. The Kier molecular flexibility index (Phi) is 5.75. The summed E-state index contributed by atoms with van der Waals surface area (Å²) in [5.74, 6) is 0.226. The number of H-pyrrole nitrogens is 1. The fraction of sp³-hybridized carbons (Fsp3) is 0.652. The number of fused-ring (bicyclic) bond motifs is 2. The van der Waals surface area contributed by atoms with Gasteiger partial charge in [0.1, 0.15) is 0 Å². The number of likely N-dealkylation sites (tertiary alicyclic amines) is 1. The van der Waals surface area contributed by atoms with E-state index >= 15 is 0 Å². The zero-order valence-corrected chi connectivity index (χ0v) is 18.6. The van der Waals surface area contributed by atoms with Gasteiger partial charge in [0.15, 0.2) is 5.65 Å². The van der Waals surface area contributed by atoms with E-state index in [2.05, 4.69) is 5.10 Å². The van der Waals surface area contributed by atoms with Crippen molar-refractivity contribution in [2.45, 2.75) is 77.0 Å². The summed E-state index contributed by atoms with van der Waals surface area (Å²) in [6.07, 6.45) is 6.05. The Balaban J connectivity index is 1.40. The van der Waals surface area contributed by atoms with Gasteiger partial charge in [0.25, 0.3) is 5.56 Å². The van der Waals surface area contributed by atoms with Crippen molar-refractivity contribution < 1.29 is 14.3 Å². The number of rotatable bonds is 5. The first-order valence-corrected chi connectivity index (χ1v) is 11.9. The average molecular weight is 442 g/mol. The third-order valence-electron chi connectivity index (χ3n) is 6.96. The molecule has 2 aromatic heterocycles. The molecule has 0 unspecified atom stereocenters. The van der Waals surface area contributed by atoms with Gasteiger partial charge in [0.2, 0.25) is 11.8 Å². The number of carbonyl (C=O) groups is 2. The van der Waals surface area contributed by atoms with E-state index in [9.17, 15) is 14.4 Å². The van der Waals surface area contributed by atoms with Crippen LogP contribution in [0.2, 0.25) is 0 Å². The van der Waals surface area contributed by atoms with E-state index in [0.717, 1.165) is 50.9 Å². The summed E-state index contributed by atoms with van der Waals surface area (Å²) in [6, 6.07) is 1.81. The number of ether oxygens (including phenoxy) is 1. The van der Waals surface area contributed by atoms with Crippen molar-refractivity contribution in [3.63, 3.8) is 0 Å². The van der Waals surface area contributed by atoms with Crippen LogP contribution < -0.4 is 5.56 Å². The minimum Gasteiger partial charge on any atom is -0.378 e. The van der Waals surface area contributed by atoms with Crippen LogP contribution in [0.5, 0.6) is 0 Å². The maximum atomic E-state index is 13.1. The van der Waals surface area contributed by atoms with Crippen LogP contribution >= 0.6 is 0 Å². The summed E-state index contributed by atoms with van der Waals surface area (Å²) >= 11 is 0. The molecule has 0 radical (unpaired) electrons. The molecule has 32 heavy (non-hydrogen) atoms. The van der Waals surface area contributed by atoms with E-state index in [1.165, 1.54) is 4.52 Å². The molecule has 3 aliphatic heterocycles. The van der Waals surface area contributed by atoms with E-state index in [1.807, 2.05) is 17.9 Å². The minimum atomic E-state index is -0.103. The third kappa shape index (κ3) is 3.83. The first-order chi connectivity index (χ1) is 15.5. The second-order valence-electron chi connectivity index (χ2n) is 9.15. The predicted molar refractivity (Wildman–Crippen MR) is 117 cm³/mol. The predicted octanol–water partition coefficient (Wildman–Crippen LogP) is 1.94. The number of carbonyl (C=O) groups excluding carboxylic acids is 2. The zero-order chi connectivity index (χ0) is 22.2. The second-order valence-corrected chi connectivity index (χ2v) is 9.15. The Labute approximate surface area is 186 Å². The number of hydrogen-bond acceptors (Lipinski definition) is 5. The van der Waals surface area contributed by atoms with Gasteiger partial charge in [-0.15, -0.1) is 0 Å². The standard InChI is InChI=1S/C23H31N5O4/c1-2-5-21(29)26-10-8-16-18(14-26)24-20-13-17(25-28(20)23(16)31)19-7-3-9-27(19)22(30)12-15-6-4-11-32-15/h13,15,19,25H,2-12,14H2,1H3/t15-,19-/m0/s1. The van der Waals surface area contributed by atoms with Crippen molar-refractivity contribution in [3.05, 3.63) is 33.4 Å². The first kappa shape index (κ1) is 21.2. The van der Waals surface area contributed by atoms with Crippen LogP contribution in [0.4, 0.5) is 0 Å². The molecule has 172 valence electrons. The van der Waals surface area contributed by atoms with E-state index < -0.39 is 0 Å². The van der Waals surface area contributed by atoms with Gasteiger partial charge in [0.05, 0.1) is 36.5 Å². The van der Waals surface area contributed by atoms with Crippen LogP contribution in [-0.4, -0.2) is 62.0 Å². The Morgan fingerprint density at radius 3 is 2.88 bits per heavy atom. The quantitative estimate of drug-likeness (QED) is 0.764. The molecule has 2 atom stereocenters. The van der Waals surface area contributed by atoms with Crippen LogP contribution in [0.25, 0.3) is 5.65 Å². The van der Waals surface area contributed by atoms with Crippen LogP contribution in [-0.2, 0) is 27.3 Å². The summed E-state index contributed by atoms with van der Waals surface area (Å²) < 4.78 is 7.15. The highest BCUT2D eigenvalue weighted by Gasteiger charge is 2.34. The monoisotopic (exact) mass is 441 g/mol. The number of nitrogens with one attached hydrogen (secondary N) is 1. The summed E-state index contributed by atoms with van der Waals surface area (Å²) in [5.41, 5.74) is 2.65. The lowest BCUT2D eigenvalue weighted by Gasteiger charge is -2.27. The van der Waals surface area contributed by atoms with Crippen molar-refractivity contribution in [3.8, 4) is 0 Å². The van der Waals surface area contributed by atoms with Crippen molar-refractivity contribution >= 4 is 17.5 Å². The number of nitrogens with zero attached hydrogens (tertiary/aromatic N) is 4. The fourth-order valence-electron chi connectivity index (χ4n) is 5.27. The molecule has 9 heteroatoms. The molecule has 0 aromatic carbocycles. The van der Waals surface area contributed by atoms with Crippen molar-refractivity contribution in [2.24, 2.45) is 0 Å². The number of aromatic amines is 1. The summed E-state index contributed by atoms with van der Waals surface area (Å²) in [7, 11) is 0. The molecule has 0 aliphatic carbocycles. The molecule has 5 rings (SSSR count). The van der Waals surface area contributed by atoms with Gasteiger partial charge in [-0.2, -0.15) is 0 Å². The number of hydrogen-bond donors (Lipinski definition) is 1. The summed E-state index contributed by atoms with van der Waals surface area (Å²) in [4.78, 5) is 46.8. The van der Waals surface area contributed by atoms with Gasteiger partial charge in [-0.25, -0.2) is 9.50 Å². The molecule has 0 spiro atoms. The Morgan fingerprint density at radius 1 is 1.22 bits per heavy atom. The van der Waals surface area contributed by atoms with Crippen molar-refractivity contribution in [1.82, 2.24) is 24.4 Å².